The molecule has 0 aliphatic carbocycles. The lowest BCUT2D eigenvalue weighted by molar-refractivity contribution is -0.141. The number of amides is 2. The first-order chi connectivity index (χ1) is 8.43. The van der Waals surface area contributed by atoms with Crippen LogP contribution in [0, 0.1) is 0 Å². The molecule has 0 bridgehead atoms. The van der Waals surface area contributed by atoms with Crippen LogP contribution in [0.4, 0.5) is 4.79 Å². The summed E-state index contributed by atoms with van der Waals surface area (Å²) < 4.78 is 0. The number of carboxylic acid groups (broad SMARTS) is 1. The van der Waals surface area contributed by atoms with Crippen LogP contribution in [0.25, 0.3) is 0 Å². The number of carbonyl (C=O) groups is 2. The molecular weight excluding hydrogens is 232 g/mol. The Hall–Kier alpha value is -1.26. The summed E-state index contributed by atoms with van der Waals surface area (Å²) in [6.07, 6.45) is 5.06. The molecule has 0 aromatic heterocycles. The molecule has 2 atom stereocenters. The summed E-state index contributed by atoms with van der Waals surface area (Å²) >= 11 is 0. The number of carbonyl (C=O) groups excluding carboxylic acids is 1. The predicted octanol–water partition coefficient (Wildman–Crippen LogP) is 2.46. The summed E-state index contributed by atoms with van der Waals surface area (Å²) in [5, 5.41) is 11.8. The normalized spacial score (nSPS) is 13.8. The standard InChI is InChI=1S/C13H26N2O3/c1-5-7-9-11(8-6-2)14-13(18)15(4)10(3)12(16)17/h10-11H,5-9H2,1-4H3,(H,14,18)(H,16,17). The second-order valence-corrected chi connectivity index (χ2v) is 4.70. The Morgan fingerprint density at radius 1 is 1.22 bits per heavy atom. The van der Waals surface area contributed by atoms with Crippen molar-refractivity contribution in [1.82, 2.24) is 10.2 Å². The third kappa shape index (κ3) is 5.89. The Morgan fingerprint density at radius 2 is 1.83 bits per heavy atom. The molecule has 0 aromatic rings. The Labute approximate surface area is 110 Å². The lowest BCUT2D eigenvalue weighted by Crippen LogP contribution is -2.48. The van der Waals surface area contributed by atoms with Crippen molar-refractivity contribution in [3.63, 3.8) is 0 Å². The molecule has 0 rings (SSSR count). The molecule has 18 heavy (non-hydrogen) atoms. The number of nitrogens with one attached hydrogen (secondary N) is 1. The fourth-order valence-electron chi connectivity index (χ4n) is 1.71. The number of hydrogen-bond acceptors (Lipinski definition) is 2. The summed E-state index contributed by atoms with van der Waals surface area (Å²) in [6.45, 7) is 5.70. The number of carboxylic acids is 1. The zero-order valence-corrected chi connectivity index (χ0v) is 11.9. The number of hydrogen-bond donors (Lipinski definition) is 2. The minimum absolute atomic E-state index is 0.144. The van der Waals surface area contributed by atoms with Crippen LogP contribution in [-0.2, 0) is 4.79 Å². The smallest absolute Gasteiger partial charge is 0.326 e. The number of likely N-dealkylation sites (N-methyl/N-ethyl adjacent to an activating group) is 1. The Kier molecular flexibility index (Phi) is 8.16. The van der Waals surface area contributed by atoms with E-state index in [0.717, 1.165) is 32.1 Å². The van der Waals surface area contributed by atoms with Crippen LogP contribution in [0.3, 0.4) is 0 Å². The molecule has 2 unspecified atom stereocenters. The maximum atomic E-state index is 11.9. The van der Waals surface area contributed by atoms with E-state index in [1.165, 1.54) is 18.9 Å². The van der Waals surface area contributed by atoms with E-state index in [9.17, 15) is 9.59 Å². The van der Waals surface area contributed by atoms with Gasteiger partial charge >= 0.3 is 12.0 Å². The Balaban J connectivity index is 4.34. The van der Waals surface area contributed by atoms with E-state index in [1.54, 1.807) is 0 Å². The summed E-state index contributed by atoms with van der Waals surface area (Å²) in [7, 11) is 1.51. The van der Waals surface area contributed by atoms with Crippen molar-refractivity contribution in [3.05, 3.63) is 0 Å². The van der Waals surface area contributed by atoms with Crippen molar-refractivity contribution >= 4 is 12.0 Å². The highest BCUT2D eigenvalue weighted by Crippen LogP contribution is 2.08. The zero-order valence-electron chi connectivity index (χ0n) is 11.9. The zero-order chi connectivity index (χ0) is 14.1. The molecule has 0 radical (unpaired) electrons. The molecule has 0 heterocycles. The summed E-state index contributed by atoms with van der Waals surface area (Å²) in [6, 6.07) is -0.969. The maximum absolute atomic E-state index is 11.9. The third-order valence-electron chi connectivity index (χ3n) is 3.13. The van der Waals surface area contributed by atoms with Gasteiger partial charge in [-0.25, -0.2) is 9.59 Å². The summed E-state index contributed by atoms with van der Waals surface area (Å²) in [5.74, 6) is -0.992. The molecule has 106 valence electrons. The van der Waals surface area contributed by atoms with Gasteiger partial charge in [0.05, 0.1) is 0 Å². The lowest BCUT2D eigenvalue weighted by atomic mass is 10.1. The SMILES string of the molecule is CCCCC(CCC)NC(=O)N(C)C(C)C(=O)O. The summed E-state index contributed by atoms with van der Waals surface area (Å²) in [4.78, 5) is 23.9. The second kappa shape index (κ2) is 8.78. The van der Waals surface area contributed by atoms with Crippen molar-refractivity contribution in [2.45, 2.75) is 65.0 Å². The molecule has 0 saturated carbocycles. The van der Waals surface area contributed by atoms with Crippen LogP contribution in [0.5, 0.6) is 0 Å². The van der Waals surface area contributed by atoms with Crippen LogP contribution in [-0.4, -0.2) is 41.1 Å². The van der Waals surface area contributed by atoms with Gasteiger partial charge in [-0.15, -0.1) is 0 Å². The van der Waals surface area contributed by atoms with Crippen LogP contribution < -0.4 is 5.32 Å². The molecule has 0 aromatic carbocycles. The molecular formula is C13H26N2O3. The van der Waals surface area contributed by atoms with E-state index in [2.05, 4.69) is 19.2 Å². The van der Waals surface area contributed by atoms with Gasteiger partial charge in [-0.3, -0.25) is 0 Å². The number of unbranched alkanes of at least 4 members (excludes halogenated alkanes) is 1. The number of aliphatic carboxylic acids is 1. The number of urea groups is 1. The Morgan fingerprint density at radius 3 is 2.28 bits per heavy atom. The molecule has 0 fully saturated rings. The van der Waals surface area contributed by atoms with Gasteiger partial charge in [-0.1, -0.05) is 33.1 Å². The number of nitrogens with zero attached hydrogens (tertiary/aromatic N) is 1. The van der Waals surface area contributed by atoms with Crippen LogP contribution in [0.15, 0.2) is 0 Å². The first-order valence-electron chi connectivity index (χ1n) is 6.70. The highest BCUT2D eigenvalue weighted by molar-refractivity contribution is 5.82. The largest absolute Gasteiger partial charge is 0.480 e. The predicted molar refractivity (Wildman–Crippen MR) is 71.6 cm³/mol. The van der Waals surface area contributed by atoms with Crippen molar-refractivity contribution < 1.29 is 14.7 Å². The van der Waals surface area contributed by atoms with Crippen molar-refractivity contribution in [2.75, 3.05) is 7.05 Å². The second-order valence-electron chi connectivity index (χ2n) is 4.70. The third-order valence-corrected chi connectivity index (χ3v) is 3.13. The lowest BCUT2D eigenvalue weighted by Gasteiger charge is -2.25. The first-order valence-corrected chi connectivity index (χ1v) is 6.70. The van der Waals surface area contributed by atoms with E-state index >= 15 is 0 Å². The molecule has 2 amide bonds. The number of rotatable bonds is 8. The van der Waals surface area contributed by atoms with E-state index in [1.807, 2.05) is 0 Å². The summed E-state index contributed by atoms with van der Waals surface area (Å²) in [5.41, 5.74) is 0. The maximum Gasteiger partial charge on any atom is 0.326 e. The highest BCUT2D eigenvalue weighted by Gasteiger charge is 2.23. The molecule has 5 heteroatoms. The van der Waals surface area contributed by atoms with Crippen molar-refractivity contribution in [2.24, 2.45) is 0 Å². The minimum Gasteiger partial charge on any atom is -0.480 e. The van der Waals surface area contributed by atoms with Gasteiger partial charge < -0.3 is 15.3 Å². The fourth-order valence-corrected chi connectivity index (χ4v) is 1.71. The average Bonchev–Trinajstić information content (AvgIpc) is 2.34. The quantitative estimate of drug-likeness (QED) is 0.702. The van der Waals surface area contributed by atoms with E-state index in [4.69, 9.17) is 5.11 Å². The fraction of sp³-hybridized carbons (Fsp3) is 0.846. The van der Waals surface area contributed by atoms with Gasteiger partial charge in [0.2, 0.25) is 0 Å². The van der Waals surface area contributed by atoms with E-state index in [-0.39, 0.29) is 12.1 Å². The van der Waals surface area contributed by atoms with Crippen LogP contribution >= 0.6 is 0 Å². The van der Waals surface area contributed by atoms with Gasteiger partial charge in [0.25, 0.3) is 0 Å². The molecule has 0 aliphatic rings. The Bertz CT molecular complexity index is 269. The first kappa shape index (κ1) is 16.7. The minimum atomic E-state index is -0.992. The van der Waals surface area contributed by atoms with E-state index in [0.29, 0.717) is 0 Å². The monoisotopic (exact) mass is 258 g/mol. The molecule has 0 aliphatic heterocycles. The van der Waals surface area contributed by atoms with Crippen molar-refractivity contribution in [1.29, 1.82) is 0 Å². The molecule has 2 N–H and O–H groups in total. The topological polar surface area (TPSA) is 69.6 Å². The van der Waals surface area contributed by atoms with Gasteiger partial charge in [-0.2, -0.15) is 0 Å². The average molecular weight is 258 g/mol. The molecule has 0 saturated heterocycles. The van der Waals surface area contributed by atoms with Gasteiger partial charge in [0.15, 0.2) is 0 Å². The highest BCUT2D eigenvalue weighted by atomic mass is 16.4. The molecule has 0 spiro atoms. The van der Waals surface area contributed by atoms with Crippen molar-refractivity contribution in [3.8, 4) is 0 Å². The van der Waals surface area contributed by atoms with Crippen LogP contribution in [0.1, 0.15) is 52.9 Å². The van der Waals surface area contributed by atoms with Crippen LogP contribution in [0.2, 0.25) is 0 Å². The van der Waals surface area contributed by atoms with Gasteiger partial charge in [0, 0.05) is 13.1 Å². The van der Waals surface area contributed by atoms with Gasteiger partial charge in [0.1, 0.15) is 6.04 Å². The van der Waals surface area contributed by atoms with E-state index < -0.39 is 12.0 Å². The molecule has 5 nitrogen and oxygen atoms in total. The van der Waals surface area contributed by atoms with Gasteiger partial charge in [-0.05, 0) is 19.8 Å².